The Hall–Kier alpha value is -2.69. The van der Waals surface area contributed by atoms with Crippen molar-refractivity contribution in [3.05, 3.63) is 66.2 Å². The maximum absolute atomic E-state index is 9.00. The number of allylic oxidation sites excluding steroid dienone is 3. The van der Waals surface area contributed by atoms with Crippen molar-refractivity contribution in [2.45, 2.75) is 13.8 Å². The third-order valence-electron chi connectivity index (χ3n) is 2.49. The average molecular weight is 285 g/mol. The fourth-order valence-corrected chi connectivity index (χ4v) is 1.43. The molecule has 0 saturated heterocycles. The van der Waals surface area contributed by atoms with Crippen molar-refractivity contribution < 1.29 is 9.90 Å². The largest absolute Gasteiger partial charge is 0.481 e. The van der Waals surface area contributed by atoms with Crippen LogP contribution < -0.4 is 0 Å². The number of carbonyl (C=O) groups is 1. The summed E-state index contributed by atoms with van der Waals surface area (Å²) in [5.74, 6) is -0.833. The van der Waals surface area contributed by atoms with Crippen LogP contribution in [0.5, 0.6) is 0 Å². The van der Waals surface area contributed by atoms with Crippen LogP contribution in [0.3, 0.4) is 0 Å². The zero-order valence-electron chi connectivity index (χ0n) is 12.4. The fraction of sp³-hybridized carbons (Fsp3) is 0.188. The van der Waals surface area contributed by atoms with Crippen LogP contribution in [0.15, 0.2) is 70.8 Å². The molecule has 1 heterocycles. The minimum atomic E-state index is -0.833. The van der Waals surface area contributed by atoms with E-state index in [0.29, 0.717) is 0 Å². The lowest BCUT2D eigenvalue weighted by molar-refractivity contribution is -0.134. The third kappa shape index (κ3) is 6.87. The lowest BCUT2D eigenvalue weighted by atomic mass is 10.2. The molecule has 0 bridgehead atoms. The Morgan fingerprint density at radius 2 is 1.81 bits per heavy atom. The summed E-state index contributed by atoms with van der Waals surface area (Å²) in [6, 6.07) is 7.94. The van der Waals surface area contributed by atoms with Crippen molar-refractivity contribution in [3.63, 3.8) is 0 Å². The number of aliphatic carboxylic acids is 1. The molecular weight excluding hydrogens is 266 g/mol. The maximum atomic E-state index is 9.00. The summed E-state index contributed by atoms with van der Waals surface area (Å²) in [5.41, 5.74) is 3.08. The van der Waals surface area contributed by atoms with Crippen LogP contribution >= 0.6 is 0 Å². The molecular formula is C16H19N3O2. The van der Waals surface area contributed by atoms with Crippen LogP contribution in [-0.2, 0) is 4.79 Å². The van der Waals surface area contributed by atoms with E-state index in [1.165, 1.54) is 0 Å². The molecule has 1 aliphatic rings. The Balaban J connectivity index is 0.000000491. The molecule has 0 radical (unpaired) electrons. The molecule has 110 valence electrons. The molecule has 1 aromatic carbocycles. The van der Waals surface area contributed by atoms with Gasteiger partial charge in [0.15, 0.2) is 0 Å². The standard InChI is InChI=1S/C14H15N3.C2H4O2/c1-12-5-3-4-6-14(12)16-15-11-13-7-9-17(2)10-8-13;1-2(3)4/h3-11H,1-2H3;1H3,(H,3,4). The summed E-state index contributed by atoms with van der Waals surface area (Å²) in [6.07, 6.45) is 9.71. The van der Waals surface area contributed by atoms with Crippen LogP contribution in [0, 0.1) is 6.92 Å². The van der Waals surface area contributed by atoms with Gasteiger partial charge < -0.3 is 10.0 Å². The van der Waals surface area contributed by atoms with E-state index < -0.39 is 5.97 Å². The fourth-order valence-electron chi connectivity index (χ4n) is 1.43. The highest BCUT2D eigenvalue weighted by Gasteiger charge is 1.95. The first-order valence-electron chi connectivity index (χ1n) is 6.43. The number of hydrogen-bond donors (Lipinski definition) is 1. The number of nitrogens with zero attached hydrogens (tertiary/aromatic N) is 3. The lowest BCUT2D eigenvalue weighted by Crippen LogP contribution is -2.02. The second-order valence-electron chi connectivity index (χ2n) is 4.45. The maximum Gasteiger partial charge on any atom is 0.300 e. The quantitative estimate of drug-likeness (QED) is 0.834. The molecule has 2 rings (SSSR count). The molecule has 0 aromatic heterocycles. The van der Waals surface area contributed by atoms with Gasteiger partial charge in [-0.1, -0.05) is 18.2 Å². The molecule has 21 heavy (non-hydrogen) atoms. The second kappa shape index (κ2) is 8.47. The van der Waals surface area contributed by atoms with Crippen LogP contribution in [0.2, 0.25) is 0 Å². The minimum Gasteiger partial charge on any atom is -0.481 e. The van der Waals surface area contributed by atoms with Gasteiger partial charge >= 0.3 is 0 Å². The Labute approximate surface area is 124 Å². The zero-order chi connectivity index (χ0) is 15.7. The molecule has 0 spiro atoms. The Kier molecular flexibility index (Phi) is 6.60. The highest BCUT2D eigenvalue weighted by Crippen LogP contribution is 2.18. The lowest BCUT2D eigenvalue weighted by Gasteiger charge is -2.10. The topological polar surface area (TPSA) is 65.3 Å². The van der Waals surface area contributed by atoms with Gasteiger partial charge in [0.2, 0.25) is 0 Å². The van der Waals surface area contributed by atoms with Crippen molar-refractivity contribution in [1.82, 2.24) is 4.90 Å². The average Bonchev–Trinajstić information content (AvgIpc) is 2.42. The van der Waals surface area contributed by atoms with E-state index >= 15 is 0 Å². The number of carboxylic acids is 1. The summed E-state index contributed by atoms with van der Waals surface area (Å²) in [7, 11) is 1.98. The highest BCUT2D eigenvalue weighted by atomic mass is 16.4. The predicted molar refractivity (Wildman–Crippen MR) is 83.1 cm³/mol. The summed E-state index contributed by atoms with van der Waals surface area (Å²) in [6.45, 7) is 3.11. The van der Waals surface area contributed by atoms with E-state index in [1.54, 1.807) is 6.20 Å². The number of benzene rings is 1. The molecule has 5 nitrogen and oxygen atoms in total. The van der Waals surface area contributed by atoms with E-state index in [0.717, 1.165) is 23.7 Å². The molecule has 0 saturated carbocycles. The molecule has 0 atom stereocenters. The first kappa shape index (κ1) is 16.4. The highest BCUT2D eigenvalue weighted by molar-refractivity contribution is 5.62. The second-order valence-corrected chi connectivity index (χ2v) is 4.45. The van der Waals surface area contributed by atoms with Gasteiger partial charge in [-0.15, -0.1) is 0 Å². The van der Waals surface area contributed by atoms with Gasteiger partial charge in [0, 0.05) is 26.4 Å². The van der Waals surface area contributed by atoms with Crippen molar-refractivity contribution in [2.75, 3.05) is 7.05 Å². The van der Waals surface area contributed by atoms with E-state index in [1.807, 2.05) is 67.7 Å². The molecule has 1 N–H and O–H groups in total. The van der Waals surface area contributed by atoms with Crippen LogP contribution in [-0.4, -0.2) is 23.0 Å². The molecule has 0 unspecified atom stereocenters. The zero-order valence-corrected chi connectivity index (χ0v) is 12.4. The number of rotatable bonds is 2. The molecule has 5 heteroatoms. The van der Waals surface area contributed by atoms with Crippen molar-refractivity contribution in [3.8, 4) is 0 Å². The van der Waals surface area contributed by atoms with E-state index in [9.17, 15) is 0 Å². The Morgan fingerprint density at radius 1 is 1.24 bits per heavy atom. The molecule has 0 fully saturated rings. The van der Waals surface area contributed by atoms with Crippen LogP contribution in [0.1, 0.15) is 12.5 Å². The summed E-state index contributed by atoms with van der Waals surface area (Å²) in [4.78, 5) is 11.0. The van der Waals surface area contributed by atoms with Crippen LogP contribution in [0.4, 0.5) is 5.69 Å². The smallest absolute Gasteiger partial charge is 0.300 e. The van der Waals surface area contributed by atoms with Crippen molar-refractivity contribution in [1.29, 1.82) is 0 Å². The predicted octanol–water partition coefficient (Wildman–Crippen LogP) is 4.03. The Bertz CT molecular complexity index is 581. The van der Waals surface area contributed by atoms with Crippen molar-refractivity contribution >= 4 is 11.7 Å². The van der Waals surface area contributed by atoms with Gasteiger partial charge in [-0.05, 0) is 36.3 Å². The van der Waals surface area contributed by atoms with Crippen molar-refractivity contribution in [2.24, 2.45) is 10.2 Å². The Morgan fingerprint density at radius 3 is 2.38 bits per heavy atom. The number of azo groups is 1. The molecule has 1 aliphatic heterocycles. The van der Waals surface area contributed by atoms with Gasteiger partial charge in [0.05, 0.1) is 11.9 Å². The number of hydrogen-bond acceptors (Lipinski definition) is 4. The first-order chi connectivity index (χ1) is 9.99. The van der Waals surface area contributed by atoms with Gasteiger partial charge in [-0.25, -0.2) is 0 Å². The van der Waals surface area contributed by atoms with Gasteiger partial charge in [-0.2, -0.15) is 10.2 Å². The number of carboxylic acid groups (broad SMARTS) is 1. The molecule has 0 amide bonds. The van der Waals surface area contributed by atoms with Crippen LogP contribution in [0.25, 0.3) is 0 Å². The summed E-state index contributed by atoms with van der Waals surface area (Å²) < 4.78 is 0. The van der Waals surface area contributed by atoms with Gasteiger partial charge in [0.25, 0.3) is 5.97 Å². The monoisotopic (exact) mass is 285 g/mol. The van der Waals surface area contributed by atoms with E-state index in [-0.39, 0.29) is 0 Å². The minimum absolute atomic E-state index is 0.833. The van der Waals surface area contributed by atoms with E-state index in [4.69, 9.17) is 9.90 Å². The number of aryl methyl sites for hydroxylation is 1. The molecule has 0 aliphatic carbocycles. The summed E-state index contributed by atoms with van der Waals surface area (Å²) >= 11 is 0. The summed E-state index contributed by atoms with van der Waals surface area (Å²) in [5, 5.41) is 15.7. The van der Waals surface area contributed by atoms with Gasteiger partial charge in [-0.3, -0.25) is 4.79 Å². The normalized spacial score (nSPS) is 13.1. The SMILES string of the molecule is CC(=O)O.Cc1ccccc1N=NC=C1C=CN(C)C=C1. The van der Waals surface area contributed by atoms with E-state index in [2.05, 4.69) is 10.2 Å². The first-order valence-corrected chi connectivity index (χ1v) is 6.43. The molecule has 1 aromatic rings. The third-order valence-corrected chi connectivity index (χ3v) is 2.49. The van der Waals surface area contributed by atoms with Gasteiger partial charge in [0.1, 0.15) is 0 Å².